The Balaban J connectivity index is 2.91. The van der Waals surface area contributed by atoms with Crippen molar-refractivity contribution < 1.29 is 4.74 Å². The number of benzene rings is 1. The van der Waals surface area contributed by atoms with E-state index in [1.54, 1.807) is 0 Å². The maximum absolute atomic E-state index is 5.87. The number of hydrogen-bond donors (Lipinski definition) is 1. The molecule has 0 aromatic heterocycles. The van der Waals surface area contributed by atoms with Crippen LogP contribution in [0.4, 0.5) is 0 Å². The number of nitrogens with two attached hydrogens (primary N) is 1. The third kappa shape index (κ3) is 3.76. The van der Waals surface area contributed by atoms with Crippen LogP contribution >= 0.6 is 27.5 Å². The monoisotopic (exact) mass is 291 g/mol. The molecule has 0 radical (unpaired) electrons. The van der Waals surface area contributed by atoms with Crippen LogP contribution in [0.1, 0.15) is 25.5 Å². The van der Waals surface area contributed by atoms with Gasteiger partial charge in [-0.1, -0.05) is 33.6 Å². The molecule has 15 heavy (non-hydrogen) atoms. The molecule has 0 aliphatic heterocycles. The molecular weight excluding hydrogens is 277 g/mol. The lowest BCUT2D eigenvalue weighted by Crippen LogP contribution is -2.19. The largest absolute Gasteiger partial charge is 0.370 e. The quantitative estimate of drug-likeness (QED) is 0.921. The standard InChI is InChI=1S/C11H15BrClNO/c1-7(2)15-11(6-14)9-4-3-8(13)5-10(9)12/h3-5,7,11H,6,14H2,1-2H3. The number of hydrogen-bond acceptors (Lipinski definition) is 2. The topological polar surface area (TPSA) is 35.2 Å². The second kappa shape index (κ2) is 5.85. The van der Waals surface area contributed by atoms with Crippen molar-refractivity contribution in [3.05, 3.63) is 33.3 Å². The third-order valence-corrected chi connectivity index (χ3v) is 2.88. The Morgan fingerprint density at radius 2 is 2.13 bits per heavy atom. The Kier molecular flexibility index (Phi) is 5.06. The summed E-state index contributed by atoms with van der Waals surface area (Å²) >= 11 is 9.33. The van der Waals surface area contributed by atoms with E-state index in [9.17, 15) is 0 Å². The molecule has 4 heteroatoms. The van der Waals surface area contributed by atoms with E-state index < -0.39 is 0 Å². The highest BCUT2D eigenvalue weighted by Crippen LogP contribution is 2.28. The molecule has 0 saturated heterocycles. The smallest absolute Gasteiger partial charge is 0.0961 e. The summed E-state index contributed by atoms with van der Waals surface area (Å²) in [7, 11) is 0. The molecule has 0 aliphatic rings. The van der Waals surface area contributed by atoms with Crippen LogP contribution in [0.2, 0.25) is 5.02 Å². The average Bonchev–Trinajstić information content (AvgIpc) is 2.14. The van der Waals surface area contributed by atoms with Crippen LogP contribution < -0.4 is 5.73 Å². The van der Waals surface area contributed by atoms with Gasteiger partial charge in [-0.05, 0) is 31.5 Å². The normalized spacial score (nSPS) is 13.2. The first-order valence-electron chi connectivity index (χ1n) is 4.85. The van der Waals surface area contributed by atoms with E-state index in [1.165, 1.54) is 0 Å². The van der Waals surface area contributed by atoms with Gasteiger partial charge in [-0.25, -0.2) is 0 Å². The Bertz CT molecular complexity index is 330. The van der Waals surface area contributed by atoms with Gasteiger partial charge in [0.2, 0.25) is 0 Å². The van der Waals surface area contributed by atoms with Gasteiger partial charge in [-0.3, -0.25) is 0 Å². The Hall–Kier alpha value is -0.0900. The molecule has 0 bridgehead atoms. The SMILES string of the molecule is CC(C)OC(CN)c1ccc(Cl)cc1Br. The second-order valence-electron chi connectivity index (χ2n) is 3.58. The molecule has 0 amide bonds. The minimum absolute atomic E-state index is 0.0864. The lowest BCUT2D eigenvalue weighted by atomic mass is 10.1. The fourth-order valence-electron chi connectivity index (χ4n) is 1.35. The summed E-state index contributed by atoms with van der Waals surface area (Å²) < 4.78 is 6.64. The van der Waals surface area contributed by atoms with Crippen molar-refractivity contribution >= 4 is 27.5 Å². The summed E-state index contributed by atoms with van der Waals surface area (Å²) in [6.07, 6.45) is 0.0674. The highest BCUT2D eigenvalue weighted by Gasteiger charge is 2.14. The molecule has 2 N–H and O–H groups in total. The molecule has 0 aliphatic carbocycles. The Morgan fingerprint density at radius 1 is 1.47 bits per heavy atom. The van der Waals surface area contributed by atoms with E-state index >= 15 is 0 Å². The molecule has 84 valence electrons. The van der Waals surface area contributed by atoms with Crippen LogP contribution in [-0.2, 0) is 4.74 Å². The summed E-state index contributed by atoms with van der Waals surface area (Å²) in [5.41, 5.74) is 6.72. The van der Waals surface area contributed by atoms with Crippen LogP contribution in [-0.4, -0.2) is 12.6 Å². The predicted molar refractivity (Wildman–Crippen MR) is 67.2 cm³/mol. The number of halogens is 2. The van der Waals surface area contributed by atoms with Gasteiger partial charge in [-0.2, -0.15) is 0 Å². The van der Waals surface area contributed by atoms with Gasteiger partial charge in [0.15, 0.2) is 0 Å². The maximum Gasteiger partial charge on any atom is 0.0961 e. The fraction of sp³-hybridized carbons (Fsp3) is 0.455. The number of rotatable bonds is 4. The van der Waals surface area contributed by atoms with Gasteiger partial charge in [-0.15, -0.1) is 0 Å². The van der Waals surface area contributed by atoms with Crippen molar-refractivity contribution in [3.8, 4) is 0 Å². The van der Waals surface area contributed by atoms with E-state index in [0.29, 0.717) is 11.6 Å². The van der Waals surface area contributed by atoms with Crippen molar-refractivity contribution in [2.45, 2.75) is 26.1 Å². The van der Waals surface area contributed by atoms with Crippen molar-refractivity contribution in [1.29, 1.82) is 0 Å². The Labute approximate surface area is 104 Å². The molecule has 1 atom stereocenters. The molecule has 1 aromatic rings. The molecule has 0 spiro atoms. The van der Waals surface area contributed by atoms with E-state index in [2.05, 4.69) is 15.9 Å². The number of ether oxygens (including phenoxy) is 1. The molecular formula is C11H15BrClNO. The average molecular weight is 293 g/mol. The first-order valence-corrected chi connectivity index (χ1v) is 6.02. The zero-order valence-corrected chi connectivity index (χ0v) is 11.2. The first-order chi connectivity index (χ1) is 7.04. The molecule has 0 fully saturated rings. The minimum atomic E-state index is -0.0864. The highest BCUT2D eigenvalue weighted by molar-refractivity contribution is 9.10. The summed E-state index contributed by atoms with van der Waals surface area (Å²) in [5.74, 6) is 0. The Morgan fingerprint density at radius 3 is 2.60 bits per heavy atom. The van der Waals surface area contributed by atoms with Crippen molar-refractivity contribution in [1.82, 2.24) is 0 Å². The van der Waals surface area contributed by atoms with E-state index in [-0.39, 0.29) is 12.2 Å². The van der Waals surface area contributed by atoms with E-state index in [1.807, 2.05) is 32.0 Å². The van der Waals surface area contributed by atoms with Gasteiger partial charge in [0, 0.05) is 16.0 Å². The van der Waals surface area contributed by atoms with Gasteiger partial charge in [0.1, 0.15) is 0 Å². The molecule has 0 heterocycles. The fourth-order valence-corrected chi connectivity index (χ4v) is 2.28. The first kappa shape index (κ1) is 13.0. The van der Waals surface area contributed by atoms with Gasteiger partial charge in [0.25, 0.3) is 0 Å². The summed E-state index contributed by atoms with van der Waals surface area (Å²) in [6.45, 7) is 4.44. The molecule has 2 nitrogen and oxygen atoms in total. The van der Waals surface area contributed by atoms with Crippen LogP contribution in [0, 0.1) is 0 Å². The lowest BCUT2D eigenvalue weighted by molar-refractivity contribution is 0.0116. The summed E-state index contributed by atoms with van der Waals surface area (Å²) in [5, 5.41) is 0.700. The lowest BCUT2D eigenvalue weighted by Gasteiger charge is -2.20. The zero-order chi connectivity index (χ0) is 11.4. The van der Waals surface area contributed by atoms with Gasteiger partial charge < -0.3 is 10.5 Å². The molecule has 1 rings (SSSR count). The maximum atomic E-state index is 5.87. The van der Waals surface area contributed by atoms with Gasteiger partial charge >= 0.3 is 0 Å². The zero-order valence-electron chi connectivity index (χ0n) is 8.84. The highest BCUT2D eigenvalue weighted by atomic mass is 79.9. The second-order valence-corrected chi connectivity index (χ2v) is 4.87. The van der Waals surface area contributed by atoms with Crippen LogP contribution in [0.15, 0.2) is 22.7 Å². The van der Waals surface area contributed by atoms with Crippen molar-refractivity contribution in [2.24, 2.45) is 5.73 Å². The van der Waals surface area contributed by atoms with Crippen LogP contribution in [0.25, 0.3) is 0 Å². The third-order valence-electron chi connectivity index (χ3n) is 1.96. The predicted octanol–water partition coefficient (Wildman–Crippen LogP) is 3.53. The summed E-state index contributed by atoms with van der Waals surface area (Å²) in [6, 6.07) is 5.63. The van der Waals surface area contributed by atoms with Crippen LogP contribution in [0.3, 0.4) is 0 Å². The molecule has 1 unspecified atom stereocenters. The van der Waals surface area contributed by atoms with Crippen LogP contribution in [0.5, 0.6) is 0 Å². The van der Waals surface area contributed by atoms with E-state index in [4.69, 9.17) is 22.1 Å². The summed E-state index contributed by atoms with van der Waals surface area (Å²) in [4.78, 5) is 0. The van der Waals surface area contributed by atoms with Crippen molar-refractivity contribution in [2.75, 3.05) is 6.54 Å². The minimum Gasteiger partial charge on any atom is -0.370 e. The molecule has 0 saturated carbocycles. The van der Waals surface area contributed by atoms with Gasteiger partial charge in [0.05, 0.1) is 12.2 Å². The van der Waals surface area contributed by atoms with E-state index in [0.717, 1.165) is 10.0 Å². The molecule has 1 aromatic carbocycles. The van der Waals surface area contributed by atoms with Crippen molar-refractivity contribution in [3.63, 3.8) is 0 Å².